The molecule has 1 unspecified atom stereocenters. The van der Waals surface area contributed by atoms with Gasteiger partial charge >= 0.3 is 0 Å². The summed E-state index contributed by atoms with van der Waals surface area (Å²) in [7, 11) is 0. The Morgan fingerprint density at radius 2 is 2.20 bits per heavy atom. The van der Waals surface area contributed by atoms with Gasteiger partial charge in [0.15, 0.2) is 6.10 Å². The molecule has 0 aliphatic carbocycles. The van der Waals surface area contributed by atoms with E-state index in [9.17, 15) is 9.90 Å². The first kappa shape index (κ1) is 13.9. The number of hydrogen-bond acceptors (Lipinski definition) is 4. The van der Waals surface area contributed by atoms with Crippen molar-refractivity contribution in [3.63, 3.8) is 0 Å². The molecule has 1 aliphatic heterocycles. The van der Waals surface area contributed by atoms with E-state index in [0.29, 0.717) is 16.3 Å². The molecule has 1 aromatic heterocycles. The lowest BCUT2D eigenvalue weighted by molar-refractivity contribution is -0.123. The highest BCUT2D eigenvalue weighted by Gasteiger charge is 2.29. The van der Waals surface area contributed by atoms with E-state index < -0.39 is 12.0 Å². The third-order valence-corrected chi connectivity index (χ3v) is 4.97. The zero-order valence-corrected chi connectivity index (χ0v) is 13.1. The molecule has 1 atom stereocenters. The van der Waals surface area contributed by atoms with Crippen LogP contribution in [0, 0.1) is 0 Å². The quantitative estimate of drug-likeness (QED) is 0.846. The molecular formula is C13H8BrClN2O2S. The van der Waals surface area contributed by atoms with Gasteiger partial charge in [-0.05, 0) is 40.2 Å². The van der Waals surface area contributed by atoms with Crippen LogP contribution >= 0.6 is 39.3 Å². The minimum absolute atomic E-state index is 0.404. The number of anilines is 1. The number of nitrogens with zero attached hydrogens (tertiary/aromatic N) is 1. The molecule has 1 aromatic carbocycles. The van der Waals surface area contributed by atoms with Gasteiger partial charge < -0.3 is 10.4 Å². The molecule has 3 rings (SSSR count). The van der Waals surface area contributed by atoms with Crippen LogP contribution < -0.4 is 5.32 Å². The standard InChI is InChI=1S/C13H8BrClN2O2S/c14-8-3-7-9(17-13(19)12(7)18)4-10(8)20-11-2-1-6(15)5-16-11/h1-5,12,18H,(H,17,19). The lowest BCUT2D eigenvalue weighted by atomic mass is 10.1. The molecular weight excluding hydrogens is 364 g/mol. The minimum Gasteiger partial charge on any atom is -0.378 e. The van der Waals surface area contributed by atoms with Gasteiger partial charge in [0, 0.05) is 26.8 Å². The number of carbonyl (C=O) groups is 1. The van der Waals surface area contributed by atoms with Crippen LogP contribution in [0.4, 0.5) is 5.69 Å². The lowest BCUT2D eigenvalue weighted by Gasteiger charge is -2.07. The van der Waals surface area contributed by atoms with E-state index in [1.165, 1.54) is 11.8 Å². The van der Waals surface area contributed by atoms with Crippen molar-refractivity contribution < 1.29 is 9.90 Å². The average molecular weight is 372 g/mol. The number of aliphatic hydroxyl groups excluding tert-OH is 1. The number of amides is 1. The van der Waals surface area contributed by atoms with Crippen molar-refractivity contribution in [2.45, 2.75) is 16.0 Å². The van der Waals surface area contributed by atoms with E-state index in [1.807, 2.05) is 12.1 Å². The Labute approximate surface area is 132 Å². The Balaban J connectivity index is 1.94. The molecule has 2 N–H and O–H groups in total. The van der Waals surface area contributed by atoms with E-state index in [2.05, 4.69) is 26.2 Å². The first-order valence-corrected chi connectivity index (χ1v) is 7.65. The summed E-state index contributed by atoms with van der Waals surface area (Å²) >= 11 is 10.7. The summed E-state index contributed by atoms with van der Waals surface area (Å²) in [6, 6.07) is 7.15. The maximum Gasteiger partial charge on any atom is 0.257 e. The summed E-state index contributed by atoms with van der Waals surface area (Å²) in [5, 5.41) is 13.7. The third-order valence-electron chi connectivity index (χ3n) is 2.82. The number of carbonyl (C=O) groups excluding carboxylic acids is 1. The highest BCUT2D eigenvalue weighted by atomic mass is 79.9. The van der Waals surface area contributed by atoms with Gasteiger partial charge in [-0.1, -0.05) is 23.4 Å². The number of nitrogens with one attached hydrogen (secondary N) is 1. The summed E-state index contributed by atoms with van der Waals surface area (Å²) in [4.78, 5) is 16.5. The molecule has 102 valence electrons. The monoisotopic (exact) mass is 370 g/mol. The van der Waals surface area contributed by atoms with E-state index in [4.69, 9.17) is 11.6 Å². The molecule has 0 fully saturated rings. The van der Waals surface area contributed by atoms with Crippen molar-refractivity contribution in [3.8, 4) is 0 Å². The fraction of sp³-hybridized carbons (Fsp3) is 0.0769. The van der Waals surface area contributed by atoms with Crippen molar-refractivity contribution >= 4 is 50.9 Å². The van der Waals surface area contributed by atoms with Crippen molar-refractivity contribution in [2.75, 3.05) is 5.32 Å². The maximum absolute atomic E-state index is 11.4. The normalized spacial score (nSPS) is 16.9. The van der Waals surface area contributed by atoms with Crippen molar-refractivity contribution in [1.82, 2.24) is 4.98 Å². The van der Waals surface area contributed by atoms with Gasteiger partial charge in [0.25, 0.3) is 5.91 Å². The first-order valence-electron chi connectivity index (χ1n) is 5.66. The Morgan fingerprint density at radius 1 is 1.40 bits per heavy atom. The molecule has 2 heterocycles. The van der Waals surface area contributed by atoms with Gasteiger partial charge in [-0.25, -0.2) is 4.98 Å². The number of halogens is 2. The summed E-state index contributed by atoms with van der Waals surface area (Å²) in [5.41, 5.74) is 1.21. The average Bonchev–Trinajstić information content (AvgIpc) is 2.69. The van der Waals surface area contributed by atoms with Gasteiger partial charge in [-0.2, -0.15) is 0 Å². The molecule has 20 heavy (non-hydrogen) atoms. The van der Waals surface area contributed by atoms with Crippen LogP contribution in [0.3, 0.4) is 0 Å². The van der Waals surface area contributed by atoms with Crippen LogP contribution in [0.5, 0.6) is 0 Å². The van der Waals surface area contributed by atoms with E-state index >= 15 is 0 Å². The molecule has 0 radical (unpaired) electrons. The molecule has 0 bridgehead atoms. The van der Waals surface area contributed by atoms with Crippen LogP contribution in [0.25, 0.3) is 0 Å². The zero-order chi connectivity index (χ0) is 14.3. The molecule has 0 saturated heterocycles. The second-order valence-corrected chi connectivity index (χ2v) is 6.53. The highest BCUT2D eigenvalue weighted by Crippen LogP contribution is 2.40. The Morgan fingerprint density at radius 3 is 2.90 bits per heavy atom. The number of fused-ring (bicyclic) bond motifs is 1. The van der Waals surface area contributed by atoms with Gasteiger partial charge in [-0.15, -0.1) is 0 Å². The molecule has 1 aliphatic rings. The minimum atomic E-state index is -1.10. The molecule has 2 aromatic rings. The highest BCUT2D eigenvalue weighted by molar-refractivity contribution is 9.10. The lowest BCUT2D eigenvalue weighted by Crippen LogP contribution is -2.10. The molecule has 1 amide bonds. The van der Waals surface area contributed by atoms with E-state index in [0.717, 1.165) is 14.4 Å². The number of hydrogen-bond donors (Lipinski definition) is 2. The number of rotatable bonds is 2. The van der Waals surface area contributed by atoms with Gasteiger partial charge in [-0.3, -0.25) is 4.79 Å². The Kier molecular flexibility index (Phi) is 3.72. The molecule has 0 spiro atoms. The fourth-order valence-electron chi connectivity index (χ4n) is 1.86. The van der Waals surface area contributed by atoms with Gasteiger partial charge in [0.2, 0.25) is 0 Å². The van der Waals surface area contributed by atoms with E-state index in [1.54, 1.807) is 18.3 Å². The SMILES string of the molecule is O=C1Nc2cc(Sc3ccc(Cl)cn3)c(Br)cc2C1O. The first-order chi connectivity index (χ1) is 9.54. The molecule has 7 heteroatoms. The predicted molar refractivity (Wildman–Crippen MR) is 81.1 cm³/mol. The number of aromatic nitrogens is 1. The second-order valence-electron chi connectivity index (χ2n) is 4.18. The number of pyridine rings is 1. The number of benzene rings is 1. The topological polar surface area (TPSA) is 62.2 Å². The summed E-state index contributed by atoms with van der Waals surface area (Å²) < 4.78 is 0.800. The number of aliphatic hydroxyl groups is 1. The summed E-state index contributed by atoms with van der Waals surface area (Å²) in [6.07, 6.45) is 0.477. The Bertz CT molecular complexity index is 694. The third kappa shape index (κ3) is 2.56. The fourth-order valence-corrected chi connectivity index (χ4v) is 3.37. The second kappa shape index (κ2) is 5.37. The summed E-state index contributed by atoms with van der Waals surface area (Å²) in [5.74, 6) is -0.404. The largest absolute Gasteiger partial charge is 0.378 e. The van der Waals surface area contributed by atoms with Crippen LogP contribution in [-0.4, -0.2) is 16.0 Å². The van der Waals surface area contributed by atoms with Gasteiger partial charge in [0.05, 0.1) is 5.02 Å². The van der Waals surface area contributed by atoms with Crippen LogP contribution in [-0.2, 0) is 4.79 Å². The zero-order valence-electron chi connectivity index (χ0n) is 9.93. The predicted octanol–water partition coefficient (Wildman–Crippen LogP) is 3.63. The smallest absolute Gasteiger partial charge is 0.257 e. The van der Waals surface area contributed by atoms with Crippen LogP contribution in [0.15, 0.2) is 44.9 Å². The molecule has 0 saturated carbocycles. The molecule has 4 nitrogen and oxygen atoms in total. The summed E-state index contributed by atoms with van der Waals surface area (Å²) in [6.45, 7) is 0. The van der Waals surface area contributed by atoms with Crippen LogP contribution in [0.1, 0.15) is 11.7 Å². The van der Waals surface area contributed by atoms with Crippen molar-refractivity contribution in [2.24, 2.45) is 0 Å². The van der Waals surface area contributed by atoms with Crippen LogP contribution in [0.2, 0.25) is 5.02 Å². The Hall–Kier alpha value is -1.08. The maximum atomic E-state index is 11.4. The van der Waals surface area contributed by atoms with Crippen molar-refractivity contribution in [3.05, 3.63) is 45.5 Å². The van der Waals surface area contributed by atoms with Crippen molar-refractivity contribution in [1.29, 1.82) is 0 Å². The van der Waals surface area contributed by atoms with Gasteiger partial charge in [0.1, 0.15) is 5.03 Å². The van der Waals surface area contributed by atoms with E-state index in [-0.39, 0.29) is 0 Å².